The Morgan fingerprint density at radius 3 is 1.74 bits per heavy atom. The number of ether oxygens (including phenoxy) is 1. The molecule has 3 rings (SSSR count). The summed E-state index contributed by atoms with van der Waals surface area (Å²) in [6.45, 7) is 23.1. The van der Waals surface area contributed by atoms with Crippen LogP contribution in [-0.4, -0.2) is 67.5 Å². The molecule has 0 aromatic carbocycles. The van der Waals surface area contributed by atoms with Gasteiger partial charge in [-0.25, -0.2) is 0 Å². The summed E-state index contributed by atoms with van der Waals surface area (Å²) in [5.41, 5.74) is 1.26. The van der Waals surface area contributed by atoms with E-state index in [1.807, 2.05) is 0 Å². The molecule has 0 aliphatic carbocycles. The molecule has 0 unspecified atom stereocenters. The molecule has 0 spiro atoms. The third-order valence-corrected chi connectivity index (χ3v) is 28.6. The molecule has 0 N–H and O–H groups in total. The summed E-state index contributed by atoms with van der Waals surface area (Å²) in [7, 11) is -5.23. The Labute approximate surface area is 216 Å². The SMILES string of the molecule is CCC[CH2][Sn]1([CH2]CCC)[O][C@@H]2O[C@@H]3CO[Si](C(C)C)(C(C)C)O[Si](C(C)C)(C(C)C)O[C@H]3[C@@H]2[O]1. The summed E-state index contributed by atoms with van der Waals surface area (Å²) >= 11 is -3.19. The Morgan fingerprint density at radius 1 is 0.735 bits per heavy atom. The molecule has 0 aromatic rings. The van der Waals surface area contributed by atoms with Gasteiger partial charge in [-0.05, 0) is 0 Å². The van der Waals surface area contributed by atoms with Gasteiger partial charge in [0.15, 0.2) is 0 Å². The molecular weight excluding hydrogens is 571 g/mol. The van der Waals surface area contributed by atoms with Crippen LogP contribution in [0.25, 0.3) is 0 Å². The second-order valence-corrected chi connectivity index (χ2v) is 30.2. The Bertz CT molecular complexity index is 637. The monoisotopic (exact) mass is 624 g/mol. The molecule has 3 fully saturated rings. The van der Waals surface area contributed by atoms with Crippen LogP contribution in [-0.2, 0) is 23.9 Å². The van der Waals surface area contributed by atoms with Crippen molar-refractivity contribution in [2.45, 2.75) is 151 Å². The first-order valence-electron chi connectivity index (χ1n) is 14.0. The summed E-state index contributed by atoms with van der Waals surface area (Å²) < 4.78 is 44.1. The zero-order valence-electron chi connectivity index (χ0n) is 23.5. The van der Waals surface area contributed by atoms with E-state index in [-0.39, 0.29) is 24.6 Å². The van der Waals surface area contributed by atoms with Crippen molar-refractivity contribution in [2.75, 3.05) is 6.61 Å². The Kier molecular flexibility index (Phi) is 10.3. The molecule has 3 saturated heterocycles. The molecule has 3 aliphatic rings. The van der Waals surface area contributed by atoms with E-state index in [1.54, 1.807) is 0 Å². The summed E-state index contributed by atoms with van der Waals surface area (Å²) in [5.74, 6) is 0. The van der Waals surface area contributed by atoms with Gasteiger partial charge < -0.3 is 0 Å². The molecular formula is C25H52O6Si2Sn. The molecule has 34 heavy (non-hydrogen) atoms. The van der Waals surface area contributed by atoms with Gasteiger partial charge in [-0.1, -0.05) is 0 Å². The van der Waals surface area contributed by atoms with Crippen molar-refractivity contribution in [3.8, 4) is 0 Å². The van der Waals surface area contributed by atoms with Gasteiger partial charge in [0.1, 0.15) is 0 Å². The van der Waals surface area contributed by atoms with Gasteiger partial charge in [-0.2, -0.15) is 0 Å². The minimum absolute atomic E-state index is 0.140. The van der Waals surface area contributed by atoms with Gasteiger partial charge in [0.2, 0.25) is 0 Å². The van der Waals surface area contributed by atoms with Crippen LogP contribution in [0, 0.1) is 0 Å². The number of fused-ring (bicyclic) bond motifs is 3. The van der Waals surface area contributed by atoms with E-state index < -0.39 is 36.3 Å². The van der Waals surface area contributed by atoms with E-state index in [2.05, 4.69) is 69.2 Å². The molecule has 3 heterocycles. The molecule has 3 aliphatic heterocycles. The molecule has 0 aromatic heterocycles. The molecule has 200 valence electrons. The molecule has 6 nitrogen and oxygen atoms in total. The van der Waals surface area contributed by atoms with Crippen molar-refractivity contribution < 1.29 is 23.9 Å². The zero-order chi connectivity index (χ0) is 25.3. The molecule has 4 atom stereocenters. The standard InChI is InChI=1S/C17H34O6Si2.2C4H9.Sn/c1-10(2)24(11(3)4)20-9-14-16(15(18)17(19)21-14)22-25(23-24,12(5)6)13(7)8;2*1-3-4-2;/h10-17H,9H2,1-8H3;2*1,3-4H2,2H3;/q-2;;;+2/t14-,15+,16-,17-;;;/m1.../s1. The third-order valence-electron chi connectivity index (χ3n) is 8.10. The molecule has 0 saturated carbocycles. The fourth-order valence-corrected chi connectivity index (χ4v) is 28.5. The summed E-state index contributed by atoms with van der Waals surface area (Å²) in [6.07, 6.45) is 3.92. The van der Waals surface area contributed by atoms with Gasteiger partial charge >= 0.3 is 217 Å². The summed E-state index contributed by atoms with van der Waals surface area (Å²) in [4.78, 5) is 0. The maximum atomic E-state index is 7.35. The first kappa shape index (κ1) is 29.5. The molecule has 9 heteroatoms. The van der Waals surface area contributed by atoms with Crippen LogP contribution in [0.15, 0.2) is 0 Å². The van der Waals surface area contributed by atoms with Crippen LogP contribution in [0.5, 0.6) is 0 Å². The van der Waals surface area contributed by atoms with Gasteiger partial charge in [0.25, 0.3) is 0 Å². The number of hydrogen-bond donors (Lipinski definition) is 0. The van der Waals surface area contributed by atoms with E-state index in [4.69, 9.17) is 23.9 Å². The topological polar surface area (TPSA) is 55.4 Å². The Morgan fingerprint density at radius 2 is 1.26 bits per heavy atom. The van der Waals surface area contributed by atoms with Gasteiger partial charge in [0, 0.05) is 0 Å². The Balaban J connectivity index is 1.95. The zero-order valence-corrected chi connectivity index (χ0v) is 28.4. The predicted molar refractivity (Wildman–Crippen MR) is 144 cm³/mol. The number of unbranched alkanes of at least 4 members (excludes halogenated alkanes) is 2. The first-order chi connectivity index (χ1) is 16.0. The summed E-state index contributed by atoms with van der Waals surface area (Å²) in [6, 6.07) is 0. The maximum absolute atomic E-state index is 7.35. The normalized spacial score (nSPS) is 32.3. The molecule has 0 amide bonds. The third kappa shape index (κ3) is 5.55. The fraction of sp³-hybridized carbons (Fsp3) is 1.00. The van der Waals surface area contributed by atoms with Crippen LogP contribution in [0.3, 0.4) is 0 Å². The van der Waals surface area contributed by atoms with E-state index in [0.717, 1.165) is 8.87 Å². The first-order valence-corrected chi connectivity index (χ1v) is 24.3. The summed E-state index contributed by atoms with van der Waals surface area (Å²) in [5, 5.41) is 0. The molecule has 0 bridgehead atoms. The Hall–Kier alpha value is 0.992. The van der Waals surface area contributed by atoms with E-state index in [0.29, 0.717) is 28.8 Å². The van der Waals surface area contributed by atoms with Gasteiger partial charge in [-0.15, -0.1) is 0 Å². The number of hydrogen-bond acceptors (Lipinski definition) is 6. The second kappa shape index (κ2) is 11.8. The van der Waals surface area contributed by atoms with Crippen molar-refractivity contribution in [2.24, 2.45) is 0 Å². The van der Waals surface area contributed by atoms with E-state index >= 15 is 0 Å². The van der Waals surface area contributed by atoms with Gasteiger partial charge in [-0.3, -0.25) is 0 Å². The van der Waals surface area contributed by atoms with E-state index in [9.17, 15) is 0 Å². The van der Waals surface area contributed by atoms with Crippen molar-refractivity contribution >= 4 is 36.3 Å². The van der Waals surface area contributed by atoms with Crippen LogP contribution in [0.1, 0.15) is 94.9 Å². The predicted octanol–water partition coefficient (Wildman–Crippen LogP) is 7.13. The molecule has 0 radical (unpaired) electrons. The average Bonchev–Trinajstić information content (AvgIpc) is 3.25. The minimum atomic E-state index is -3.19. The average molecular weight is 624 g/mol. The van der Waals surface area contributed by atoms with Crippen LogP contribution < -0.4 is 0 Å². The van der Waals surface area contributed by atoms with Crippen LogP contribution in [0.2, 0.25) is 31.0 Å². The van der Waals surface area contributed by atoms with Crippen LogP contribution in [0.4, 0.5) is 0 Å². The van der Waals surface area contributed by atoms with Gasteiger partial charge in [0.05, 0.1) is 0 Å². The van der Waals surface area contributed by atoms with Crippen molar-refractivity contribution in [3.63, 3.8) is 0 Å². The van der Waals surface area contributed by atoms with Crippen LogP contribution >= 0.6 is 0 Å². The second-order valence-electron chi connectivity index (χ2n) is 11.9. The number of rotatable bonds is 10. The fourth-order valence-electron chi connectivity index (χ4n) is 6.07. The van der Waals surface area contributed by atoms with Crippen molar-refractivity contribution in [3.05, 3.63) is 0 Å². The van der Waals surface area contributed by atoms with Crippen molar-refractivity contribution in [1.29, 1.82) is 0 Å². The van der Waals surface area contributed by atoms with E-state index in [1.165, 1.54) is 25.7 Å². The quantitative estimate of drug-likeness (QED) is 0.242. The van der Waals surface area contributed by atoms with Crippen molar-refractivity contribution in [1.82, 2.24) is 0 Å².